The van der Waals surface area contributed by atoms with Crippen LogP contribution < -0.4 is 10.0 Å². The third-order valence-electron chi connectivity index (χ3n) is 4.84. The summed E-state index contributed by atoms with van der Waals surface area (Å²) in [6, 6.07) is 5.78. The van der Waals surface area contributed by atoms with E-state index in [0.717, 1.165) is 0 Å². The van der Waals surface area contributed by atoms with E-state index in [9.17, 15) is 17.6 Å². The van der Waals surface area contributed by atoms with E-state index in [4.69, 9.17) is 9.88 Å². The van der Waals surface area contributed by atoms with Crippen LogP contribution in [0, 0.1) is 0 Å². The van der Waals surface area contributed by atoms with Crippen LogP contribution in [0.3, 0.4) is 0 Å². The highest BCUT2D eigenvalue weighted by Gasteiger charge is 2.47. The molecule has 0 aliphatic carbocycles. The molecule has 2 aliphatic rings. The molecule has 2 saturated heterocycles. The summed E-state index contributed by atoms with van der Waals surface area (Å²) in [7, 11) is -3.79. The Morgan fingerprint density at radius 3 is 2.54 bits per heavy atom. The van der Waals surface area contributed by atoms with E-state index in [1.165, 1.54) is 41.5 Å². The number of halogens is 1. The van der Waals surface area contributed by atoms with Crippen molar-refractivity contribution in [2.75, 3.05) is 24.5 Å². The highest BCUT2D eigenvalue weighted by molar-refractivity contribution is 7.89. The summed E-state index contributed by atoms with van der Waals surface area (Å²) in [6.07, 6.45) is 3.92. The first-order valence-corrected chi connectivity index (χ1v) is 10.5. The second kappa shape index (κ2) is 7.88. The molecule has 1 aromatic carbocycles. The summed E-state index contributed by atoms with van der Waals surface area (Å²) in [6.45, 7) is 3.30. The Morgan fingerprint density at radius 1 is 1.32 bits per heavy atom. The van der Waals surface area contributed by atoms with Gasteiger partial charge in [0.05, 0.1) is 17.7 Å². The van der Waals surface area contributed by atoms with Gasteiger partial charge in [-0.2, -0.15) is 5.10 Å². The van der Waals surface area contributed by atoms with Gasteiger partial charge in [0.15, 0.2) is 0 Å². The quantitative estimate of drug-likeness (QED) is 0.751. The van der Waals surface area contributed by atoms with Gasteiger partial charge in [0.1, 0.15) is 11.4 Å². The zero-order valence-corrected chi connectivity index (χ0v) is 16.4. The van der Waals surface area contributed by atoms with Crippen molar-refractivity contribution in [2.24, 2.45) is 10.2 Å². The first-order valence-electron chi connectivity index (χ1n) is 9.00. The molecule has 0 atom stereocenters. The van der Waals surface area contributed by atoms with E-state index >= 15 is 0 Å². The first kappa shape index (κ1) is 20.3. The lowest BCUT2D eigenvalue weighted by Crippen LogP contribution is -2.45. The van der Waals surface area contributed by atoms with Crippen molar-refractivity contribution in [3.63, 3.8) is 0 Å². The van der Waals surface area contributed by atoms with E-state index in [-0.39, 0.29) is 10.7 Å². The van der Waals surface area contributed by atoms with Gasteiger partial charge in [0, 0.05) is 31.6 Å². The number of piperidine rings is 1. The number of hydrogen-bond donors (Lipinski definition) is 1. The summed E-state index contributed by atoms with van der Waals surface area (Å²) < 4.78 is 41.8. The van der Waals surface area contributed by atoms with Gasteiger partial charge in [0.25, 0.3) is 0 Å². The van der Waals surface area contributed by atoms with Crippen molar-refractivity contribution in [3.05, 3.63) is 36.2 Å². The molecule has 0 bridgehead atoms. The number of amides is 1. The molecule has 2 aliphatic heterocycles. The molecule has 1 aromatic rings. The first-order chi connectivity index (χ1) is 13.2. The Bertz CT molecular complexity index is 891. The third kappa shape index (κ3) is 4.50. The van der Waals surface area contributed by atoms with Crippen LogP contribution >= 0.6 is 0 Å². The van der Waals surface area contributed by atoms with Crippen molar-refractivity contribution in [1.82, 2.24) is 5.01 Å². The van der Waals surface area contributed by atoms with Crippen molar-refractivity contribution in [3.8, 4) is 0 Å². The number of carbonyl (C=O) groups excluding carboxylic acids is 1. The largest absolute Gasteiger partial charge is 0.440 e. The predicted octanol–water partition coefficient (Wildman–Crippen LogP) is 2.37. The molecule has 28 heavy (non-hydrogen) atoms. The second-order valence-electron chi connectivity index (χ2n) is 6.87. The predicted molar refractivity (Wildman–Crippen MR) is 103 cm³/mol. The molecule has 1 amide bonds. The van der Waals surface area contributed by atoms with Gasteiger partial charge in [-0.15, -0.1) is 0 Å². The zero-order chi connectivity index (χ0) is 20.4. The number of primary sulfonamides is 1. The molecule has 2 N–H and O–H groups in total. The van der Waals surface area contributed by atoms with E-state index in [0.29, 0.717) is 44.6 Å². The lowest BCUT2D eigenvalue weighted by Gasteiger charge is -2.35. The number of anilines is 1. The maximum absolute atomic E-state index is 13.4. The fourth-order valence-electron chi connectivity index (χ4n) is 3.30. The fourth-order valence-corrected chi connectivity index (χ4v) is 3.82. The minimum Gasteiger partial charge on any atom is -0.440 e. The Kier molecular flexibility index (Phi) is 5.71. The van der Waals surface area contributed by atoms with Gasteiger partial charge in [0.2, 0.25) is 10.0 Å². The standard InChI is InChI=1S/C18H23FN4O4S/c1-2-3-14(19)12-21-22-10-8-18(9-11-22)13-23(17(24)27-18)15-4-6-16(7-5-15)28(20,25)26/h3-7,12H,2,8-11,13H2,1H3,(H2,20,25,26)/b14-3+,21-12-. The topological polar surface area (TPSA) is 105 Å². The molecule has 0 aromatic heterocycles. The van der Waals surface area contributed by atoms with Crippen LogP contribution in [-0.4, -0.2) is 51.0 Å². The fraction of sp³-hybridized carbons (Fsp3) is 0.444. The van der Waals surface area contributed by atoms with E-state index in [1.54, 1.807) is 5.01 Å². The molecule has 0 unspecified atom stereocenters. The summed E-state index contributed by atoms with van der Waals surface area (Å²) in [4.78, 5) is 13.8. The van der Waals surface area contributed by atoms with Crippen LogP contribution in [0.15, 0.2) is 46.2 Å². The minimum atomic E-state index is -3.79. The van der Waals surface area contributed by atoms with Crippen LogP contribution in [0.5, 0.6) is 0 Å². The SMILES string of the molecule is CC/C=C(F)\C=N/N1CCC2(CC1)CN(c1ccc(S(N)(=O)=O)cc1)C(=O)O2. The molecule has 2 fully saturated rings. The summed E-state index contributed by atoms with van der Waals surface area (Å²) in [5.74, 6) is -0.371. The van der Waals surface area contributed by atoms with Crippen molar-refractivity contribution in [2.45, 2.75) is 36.7 Å². The Labute approximate surface area is 163 Å². The highest BCUT2D eigenvalue weighted by Crippen LogP contribution is 2.36. The molecule has 10 heteroatoms. The molecule has 0 radical (unpaired) electrons. The second-order valence-corrected chi connectivity index (χ2v) is 8.43. The Balaban J connectivity index is 1.64. The minimum absolute atomic E-state index is 0.0194. The Hall–Kier alpha value is -2.46. The molecule has 2 heterocycles. The average molecular weight is 410 g/mol. The number of nitrogens with zero attached hydrogens (tertiary/aromatic N) is 3. The summed E-state index contributed by atoms with van der Waals surface area (Å²) in [5, 5.41) is 11.0. The molecule has 3 rings (SSSR count). The van der Waals surface area contributed by atoms with Gasteiger partial charge in [-0.05, 0) is 36.8 Å². The maximum Gasteiger partial charge on any atom is 0.415 e. The number of carbonyl (C=O) groups is 1. The number of benzene rings is 1. The molecule has 8 nitrogen and oxygen atoms in total. The molecule has 152 valence electrons. The zero-order valence-electron chi connectivity index (χ0n) is 15.5. The monoisotopic (exact) mass is 410 g/mol. The lowest BCUT2D eigenvalue weighted by atomic mass is 9.92. The average Bonchev–Trinajstić information content (AvgIpc) is 2.97. The number of hydrazone groups is 1. The molecular formula is C18H23FN4O4S. The van der Waals surface area contributed by atoms with Crippen LogP contribution in [0.4, 0.5) is 14.9 Å². The number of ether oxygens (including phenoxy) is 1. The van der Waals surface area contributed by atoms with Gasteiger partial charge >= 0.3 is 6.09 Å². The van der Waals surface area contributed by atoms with Gasteiger partial charge in [-0.1, -0.05) is 6.92 Å². The smallest absolute Gasteiger partial charge is 0.415 e. The van der Waals surface area contributed by atoms with E-state index in [1.807, 2.05) is 6.92 Å². The number of rotatable bonds is 5. The normalized spacial score (nSPS) is 20.2. The van der Waals surface area contributed by atoms with Crippen LogP contribution in [0.25, 0.3) is 0 Å². The number of hydrogen-bond acceptors (Lipinski definition) is 6. The van der Waals surface area contributed by atoms with Crippen molar-refractivity contribution < 1.29 is 22.3 Å². The third-order valence-corrected chi connectivity index (χ3v) is 5.77. The number of allylic oxidation sites excluding steroid dienone is 2. The number of nitrogens with two attached hydrogens (primary N) is 1. The lowest BCUT2D eigenvalue weighted by molar-refractivity contribution is 0.00167. The van der Waals surface area contributed by atoms with Gasteiger partial charge in [-0.3, -0.25) is 9.91 Å². The van der Waals surface area contributed by atoms with Crippen molar-refractivity contribution in [1.29, 1.82) is 0 Å². The van der Waals surface area contributed by atoms with Crippen molar-refractivity contribution >= 4 is 28.0 Å². The molecule has 0 saturated carbocycles. The van der Waals surface area contributed by atoms with E-state index < -0.39 is 21.7 Å². The van der Waals surface area contributed by atoms with E-state index in [2.05, 4.69) is 5.10 Å². The Morgan fingerprint density at radius 2 is 1.96 bits per heavy atom. The van der Waals surface area contributed by atoms with Gasteiger partial charge < -0.3 is 4.74 Å². The highest BCUT2D eigenvalue weighted by atomic mass is 32.2. The van der Waals surface area contributed by atoms with Gasteiger partial charge in [-0.25, -0.2) is 22.7 Å². The summed E-state index contributed by atoms with van der Waals surface area (Å²) >= 11 is 0. The van der Waals surface area contributed by atoms with Crippen LogP contribution in [0.1, 0.15) is 26.2 Å². The van der Waals surface area contributed by atoms with Crippen LogP contribution in [-0.2, 0) is 14.8 Å². The molecule has 1 spiro atoms. The summed E-state index contributed by atoms with van der Waals surface area (Å²) in [5.41, 5.74) is -0.0824. The number of sulfonamides is 1. The van der Waals surface area contributed by atoms with Crippen LogP contribution in [0.2, 0.25) is 0 Å². The molecular weight excluding hydrogens is 387 g/mol. The maximum atomic E-state index is 13.4.